The molecule has 0 aromatic heterocycles. The lowest BCUT2D eigenvalue weighted by Crippen LogP contribution is -2.15. The van der Waals surface area contributed by atoms with E-state index >= 15 is 0 Å². The molecule has 18 heavy (non-hydrogen) atoms. The Hall–Kier alpha value is -1.69. The maximum atomic E-state index is 13.0. The molecular formula is C12H10BrFO4. The van der Waals surface area contributed by atoms with E-state index in [0.29, 0.717) is 0 Å². The number of carbonyl (C=O) groups excluding carboxylic acids is 2. The Labute approximate surface area is 111 Å². The molecule has 0 aliphatic rings. The van der Waals surface area contributed by atoms with Crippen molar-refractivity contribution in [3.05, 3.63) is 40.1 Å². The molecular weight excluding hydrogens is 307 g/mol. The molecule has 0 aliphatic carbocycles. The summed E-state index contributed by atoms with van der Waals surface area (Å²) in [6.45, 7) is 1.63. The first-order chi connectivity index (χ1) is 8.45. The molecule has 0 saturated heterocycles. The predicted molar refractivity (Wildman–Crippen MR) is 66.3 cm³/mol. The molecule has 0 spiro atoms. The fourth-order valence-corrected chi connectivity index (χ4v) is 1.50. The maximum Gasteiger partial charge on any atom is 0.379 e. The summed E-state index contributed by atoms with van der Waals surface area (Å²) >= 11 is 2.94. The van der Waals surface area contributed by atoms with Gasteiger partial charge in [-0.05, 0) is 41.1 Å². The van der Waals surface area contributed by atoms with Crippen molar-refractivity contribution < 1.29 is 23.8 Å². The first kappa shape index (κ1) is 14.4. The lowest BCUT2D eigenvalue weighted by Gasteiger charge is -2.02. The molecule has 0 fully saturated rings. The Bertz CT molecular complexity index is 511. The third-order valence-electron chi connectivity index (χ3n) is 1.96. The molecule has 6 heteroatoms. The van der Waals surface area contributed by atoms with Crippen molar-refractivity contribution in [3.8, 4) is 0 Å². The van der Waals surface area contributed by atoms with E-state index in [9.17, 15) is 19.1 Å². The van der Waals surface area contributed by atoms with Gasteiger partial charge in [-0.3, -0.25) is 4.79 Å². The van der Waals surface area contributed by atoms with Crippen molar-refractivity contribution in [2.45, 2.75) is 6.92 Å². The van der Waals surface area contributed by atoms with Crippen molar-refractivity contribution >= 4 is 33.4 Å². The number of hydrogen-bond acceptors (Lipinski definition) is 4. The lowest BCUT2D eigenvalue weighted by atomic mass is 10.1. The number of esters is 1. The number of hydrogen-bond donors (Lipinski definition) is 1. The van der Waals surface area contributed by atoms with Gasteiger partial charge in [-0.2, -0.15) is 0 Å². The van der Waals surface area contributed by atoms with Crippen LogP contribution in [0.25, 0.3) is 5.76 Å². The second-order valence-electron chi connectivity index (χ2n) is 3.24. The second kappa shape index (κ2) is 6.30. The van der Waals surface area contributed by atoms with Crippen LogP contribution in [0.2, 0.25) is 0 Å². The number of benzene rings is 1. The third-order valence-corrected chi connectivity index (χ3v) is 2.57. The average molecular weight is 317 g/mol. The molecule has 0 aliphatic heterocycles. The van der Waals surface area contributed by atoms with Crippen LogP contribution in [0, 0.1) is 5.82 Å². The first-order valence-electron chi connectivity index (χ1n) is 5.03. The zero-order valence-corrected chi connectivity index (χ0v) is 11.0. The molecule has 0 heterocycles. The molecule has 0 atom stereocenters. The van der Waals surface area contributed by atoms with Crippen LogP contribution in [0.4, 0.5) is 4.39 Å². The van der Waals surface area contributed by atoms with Crippen LogP contribution in [-0.4, -0.2) is 23.5 Å². The Morgan fingerprint density at radius 1 is 1.50 bits per heavy atom. The molecule has 0 amide bonds. The highest BCUT2D eigenvalue weighted by molar-refractivity contribution is 9.10. The van der Waals surface area contributed by atoms with Gasteiger partial charge in [-0.15, -0.1) is 0 Å². The van der Waals surface area contributed by atoms with Crippen molar-refractivity contribution in [1.29, 1.82) is 0 Å². The molecule has 1 rings (SSSR count). The molecule has 96 valence electrons. The SMILES string of the molecule is CCOC(=O)C(=O)/C=C(/O)c1ccc(F)c(Br)c1. The van der Waals surface area contributed by atoms with Crippen molar-refractivity contribution in [2.75, 3.05) is 6.61 Å². The molecule has 4 nitrogen and oxygen atoms in total. The van der Waals surface area contributed by atoms with E-state index < -0.39 is 23.3 Å². The van der Waals surface area contributed by atoms with Crippen LogP contribution < -0.4 is 0 Å². The highest BCUT2D eigenvalue weighted by Gasteiger charge is 2.14. The number of aliphatic hydroxyl groups is 1. The monoisotopic (exact) mass is 316 g/mol. The normalized spacial score (nSPS) is 11.2. The number of ether oxygens (including phenoxy) is 1. The highest BCUT2D eigenvalue weighted by Crippen LogP contribution is 2.20. The summed E-state index contributed by atoms with van der Waals surface area (Å²) in [5, 5.41) is 9.61. The van der Waals surface area contributed by atoms with Gasteiger partial charge in [-0.25, -0.2) is 9.18 Å². The Kier molecular flexibility index (Phi) is 5.03. The van der Waals surface area contributed by atoms with Crippen LogP contribution >= 0.6 is 15.9 Å². The van der Waals surface area contributed by atoms with E-state index in [2.05, 4.69) is 20.7 Å². The van der Waals surface area contributed by atoms with Crippen molar-refractivity contribution in [3.63, 3.8) is 0 Å². The van der Waals surface area contributed by atoms with E-state index in [-0.39, 0.29) is 16.6 Å². The first-order valence-corrected chi connectivity index (χ1v) is 5.82. The lowest BCUT2D eigenvalue weighted by molar-refractivity contribution is -0.151. The molecule has 0 saturated carbocycles. The number of aliphatic hydroxyl groups excluding tert-OH is 1. The number of rotatable bonds is 4. The maximum absolute atomic E-state index is 13.0. The zero-order chi connectivity index (χ0) is 13.7. The zero-order valence-electron chi connectivity index (χ0n) is 9.44. The van der Waals surface area contributed by atoms with E-state index in [1.807, 2.05) is 0 Å². The predicted octanol–water partition coefficient (Wildman–Crippen LogP) is 2.62. The summed E-state index contributed by atoms with van der Waals surface area (Å²) in [5.41, 5.74) is 0.209. The van der Waals surface area contributed by atoms with Gasteiger partial charge >= 0.3 is 5.97 Å². The largest absolute Gasteiger partial charge is 0.507 e. The standard InChI is InChI=1S/C12H10BrFO4/c1-2-18-12(17)11(16)6-10(15)7-3-4-9(14)8(13)5-7/h3-6,15H,2H2,1H3/b10-6+. The second-order valence-corrected chi connectivity index (χ2v) is 4.10. The molecule has 0 radical (unpaired) electrons. The Morgan fingerprint density at radius 3 is 2.72 bits per heavy atom. The van der Waals surface area contributed by atoms with E-state index in [0.717, 1.165) is 12.1 Å². The summed E-state index contributed by atoms with van der Waals surface area (Å²) in [7, 11) is 0. The molecule has 0 unspecified atom stereocenters. The molecule has 1 N–H and O–H groups in total. The summed E-state index contributed by atoms with van der Waals surface area (Å²) in [4.78, 5) is 22.3. The Balaban J connectivity index is 2.92. The van der Waals surface area contributed by atoms with E-state index in [4.69, 9.17) is 0 Å². The summed E-state index contributed by atoms with van der Waals surface area (Å²) < 4.78 is 17.6. The summed E-state index contributed by atoms with van der Waals surface area (Å²) in [5.74, 6) is -2.96. The minimum Gasteiger partial charge on any atom is -0.507 e. The van der Waals surface area contributed by atoms with Gasteiger partial charge in [0.25, 0.3) is 5.78 Å². The fraction of sp³-hybridized carbons (Fsp3) is 0.167. The van der Waals surface area contributed by atoms with E-state index in [1.165, 1.54) is 12.1 Å². The van der Waals surface area contributed by atoms with Gasteiger partial charge in [0.15, 0.2) is 0 Å². The van der Waals surface area contributed by atoms with Gasteiger partial charge in [0.1, 0.15) is 11.6 Å². The quantitative estimate of drug-likeness (QED) is 0.401. The number of halogens is 2. The van der Waals surface area contributed by atoms with Gasteiger partial charge in [-0.1, -0.05) is 0 Å². The average Bonchev–Trinajstić information content (AvgIpc) is 2.32. The summed E-state index contributed by atoms with van der Waals surface area (Å²) in [6.07, 6.45) is 0.734. The minimum atomic E-state index is -1.05. The minimum absolute atomic E-state index is 0.0707. The van der Waals surface area contributed by atoms with Crippen LogP contribution in [0.3, 0.4) is 0 Å². The number of carbonyl (C=O) groups is 2. The van der Waals surface area contributed by atoms with Crippen LogP contribution in [0.1, 0.15) is 12.5 Å². The molecule has 1 aromatic carbocycles. The fourth-order valence-electron chi connectivity index (χ4n) is 1.12. The highest BCUT2D eigenvalue weighted by atomic mass is 79.9. The van der Waals surface area contributed by atoms with Gasteiger partial charge in [0.05, 0.1) is 11.1 Å². The van der Waals surface area contributed by atoms with Crippen LogP contribution in [-0.2, 0) is 14.3 Å². The van der Waals surface area contributed by atoms with Gasteiger partial charge in [0, 0.05) is 11.6 Å². The molecule has 0 bridgehead atoms. The van der Waals surface area contributed by atoms with Crippen molar-refractivity contribution in [1.82, 2.24) is 0 Å². The van der Waals surface area contributed by atoms with Crippen molar-refractivity contribution in [2.24, 2.45) is 0 Å². The van der Waals surface area contributed by atoms with Gasteiger partial charge in [0.2, 0.25) is 0 Å². The Morgan fingerprint density at radius 2 is 2.17 bits per heavy atom. The topological polar surface area (TPSA) is 63.6 Å². The number of ketones is 1. The van der Waals surface area contributed by atoms with Crippen LogP contribution in [0.5, 0.6) is 0 Å². The van der Waals surface area contributed by atoms with Crippen LogP contribution in [0.15, 0.2) is 28.7 Å². The smallest absolute Gasteiger partial charge is 0.379 e. The molecule has 1 aromatic rings. The van der Waals surface area contributed by atoms with Gasteiger partial charge < -0.3 is 9.84 Å². The summed E-state index contributed by atoms with van der Waals surface area (Å²) in [6, 6.07) is 3.70. The third kappa shape index (κ3) is 3.66. The van der Waals surface area contributed by atoms with E-state index in [1.54, 1.807) is 6.92 Å².